The van der Waals surface area contributed by atoms with Gasteiger partial charge in [-0.3, -0.25) is 4.79 Å². The number of ketones is 1. The van der Waals surface area contributed by atoms with Crippen LogP contribution in [0, 0.1) is 0 Å². The van der Waals surface area contributed by atoms with Gasteiger partial charge in [-0.15, -0.1) is 16.4 Å². The van der Waals surface area contributed by atoms with E-state index in [1.165, 1.54) is 4.88 Å². The Labute approximate surface area is 127 Å². The number of Topliss-reactive ketones (excluding diaryl/α,β-unsaturated/α-hetero) is 1. The fourth-order valence-electron chi connectivity index (χ4n) is 2.19. The van der Waals surface area contributed by atoms with Gasteiger partial charge in [0.15, 0.2) is 5.78 Å². The summed E-state index contributed by atoms with van der Waals surface area (Å²) in [6.07, 6.45) is 3.84. The molecule has 3 aromatic rings. The number of aryl methyl sites for hydroxylation is 1. The van der Waals surface area contributed by atoms with Crippen LogP contribution in [-0.4, -0.2) is 20.8 Å². The molecule has 2 aromatic heterocycles. The third-order valence-electron chi connectivity index (χ3n) is 3.24. The number of nitrogens with zero attached hydrogens (tertiary/aromatic N) is 3. The van der Waals surface area contributed by atoms with Gasteiger partial charge in [0.2, 0.25) is 0 Å². The van der Waals surface area contributed by atoms with E-state index in [1.807, 2.05) is 36.4 Å². The highest BCUT2D eigenvalue weighted by molar-refractivity contribution is 7.09. The van der Waals surface area contributed by atoms with Crippen LogP contribution in [0.25, 0.3) is 5.69 Å². The highest BCUT2D eigenvalue weighted by atomic mass is 32.1. The van der Waals surface area contributed by atoms with Gasteiger partial charge in [-0.25, -0.2) is 4.68 Å². The predicted molar refractivity (Wildman–Crippen MR) is 82.9 cm³/mol. The number of para-hydroxylation sites is 1. The molecule has 0 saturated carbocycles. The fourth-order valence-corrected chi connectivity index (χ4v) is 2.94. The minimum atomic E-state index is 0.0837. The molecule has 0 atom stereocenters. The molecular formula is C16H15N3OS. The second kappa shape index (κ2) is 6.45. The van der Waals surface area contributed by atoms with Crippen molar-refractivity contribution in [3.8, 4) is 5.69 Å². The van der Waals surface area contributed by atoms with Gasteiger partial charge in [0.1, 0.15) is 5.69 Å². The number of benzene rings is 1. The van der Waals surface area contributed by atoms with E-state index in [-0.39, 0.29) is 5.78 Å². The van der Waals surface area contributed by atoms with Crippen LogP contribution in [0.5, 0.6) is 0 Å². The molecule has 0 fully saturated rings. The van der Waals surface area contributed by atoms with Crippen LogP contribution in [0.15, 0.2) is 54.0 Å². The quantitative estimate of drug-likeness (QED) is 0.654. The lowest BCUT2D eigenvalue weighted by molar-refractivity contribution is 0.0972. The molecule has 1 aromatic carbocycles. The van der Waals surface area contributed by atoms with Gasteiger partial charge in [-0.05, 0) is 36.4 Å². The largest absolute Gasteiger partial charge is 0.292 e. The topological polar surface area (TPSA) is 47.8 Å². The molecule has 0 aliphatic heterocycles. The van der Waals surface area contributed by atoms with E-state index in [9.17, 15) is 4.79 Å². The van der Waals surface area contributed by atoms with Crippen LogP contribution in [0.2, 0.25) is 0 Å². The zero-order valence-corrected chi connectivity index (χ0v) is 12.3. The Morgan fingerprint density at radius 1 is 1.14 bits per heavy atom. The summed E-state index contributed by atoms with van der Waals surface area (Å²) in [4.78, 5) is 13.6. The van der Waals surface area contributed by atoms with Crippen molar-refractivity contribution < 1.29 is 4.79 Å². The van der Waals surface area contributed by atoms with Crippen molar-refractivity contribution in [2.75, 3.05) is 0 Å². The molecule has 0 spiro atoms. The molecule has 5 heteroatoms. The minimum absolute atomic E-state index is 0.0837. The number of carbonyl (C=O) groups excluding carboxylic acids is 1. The zero-order valence-electron chi connectivity index (χ0n) is 11.5. The maximum Gasteiger partial charge on any atom is 0.182 e. The third kappa shape index (κ3) is 3.25. The lowest BCUT2D eigenvalue weighted by Gasteiger charge is -2.05. The number of thiophene rings is 1. The average Bonchev–Trinajstić information content (AvgIpc) is 3.19. The van der Waals surface area contributed by atoms with Crippen LogP contribution in [-0.2, 0) is 6.42 Å². The van der Waals surface area contributed by atoms with Crippen LogP contribution >= 0.6 is 11.3 Å². The molecule has 0 saturated heterocycles. The van der Waals surface area contributed by atoms with E-state index in [2.05, 4.69) is 21.8 Å². The zero-order chi connectivity index (χ0) is 14.5. The average molecular weight is 297 g/mol. The highest BCUT2D eigenvalue weighted by Crippen LogP contribution is 2.15. The Bertz CT molecular complexity index is 704. The summed E-state index contributed by atoms with van der Waals surface area (Å²) < 4.78 is 1.60. The molecule has 3 rings (SSSR count). The van der Waals surface area contributed by atoms with E-state index in [4.69, 9.17) is 0 Å². The summed E-state index contributed by atoms with van der Waals surface area (Å²) in [6, 6.07) is 13.7. The van der Waals surface area contributed by atoms with Crippen molar-refractivity contribution in [1.29, 1.82) is 0 Å². The second-order valence-corrected chi connectivity index (χ2v) is 5.75. The molecule has 106 valence electrons. The monoisotopic (exact) mass is 297 g/mol. The highest BCUT2D eigenvalue weighted by Gasteiger charge is 2.14. The summed E-state index contributed by atoms with van der Waals surface area (Å²) in [5.41, 5.74) is 1.41. The lowest BCUT2D eigenvalue weighted by atomic mass is 10.1. The number of hydrogen-bond acceptors (Lipinski definition) is 4. The molecule has 4 nitrogen and oxygen atoms in total. The summed E-state index contributed by atoms with van der Waals surface area (Å²) in [6.45, 7) is 0. The van der Waals surface area contributed by atoms with E-state index in [0.29, 0.717) is 12.1 Å². The first-order valence-corrected chi connectivity index (χ1v) is 7.74. The van der Waals surface area contributed by atoms with Crippen molar-refractivity contribution in [3.63, 3.8) is 0 Å². The molecular weight excluding hydrogens is 282 g/mol. The molecule has 0 radical (unpaired) electrons. The van der Waals surface area contributed by atoms with Crippen molar-refractivity contribution in [3.05, 3.63) is 64.6 Å². The van der Waals surface area contributed by atoms with Crippen molar-refractivity contribution in [1.82, 2.24) is 15.0 Å². The maximum atomic E-state index is 12.3. The Morgan fingerprint density at radius 2 is 2.00 bits per heavy atom. The first-order valence-electron chi connectivity index (χ1n) is 6.86. The smallest absolute Gasteiger partial charge is 0.182 e. The fraction of sp³-hybridized carbons (Fsp3) is 0.188. The van der Waals surface area contributed by atoms with Gasteiger partial charge in [-0.1, -0.05) is 29.5 Å². The molecule has 21 heavy (non-hydrogen) atoms. The Morgan fingerprint density at radius 3 is 2.76 bits per heavy atom. The normalized spacial score (nSPS) is 10.7. The summed E-state index contributed by atoms with van der Waals surface area (Å²) >= 11 is 1.73. The number of carbonyl (C=O) groups is 1. The minimum Gasteiger partial charge on any atom is -0.292 e. The van der Waals surface area contributed by atoms with E-state index >= 15 is 0 Å². The van der Waals surface area contributed by atoms with Gasteiger partial charge in [0.05, 0.1) is 11.9 Å². The number of aromatic nitrogens is 3. The SMILES string of the molecule is O=C(CCCc1cccs1)c1cnnn1-c1ccccc1. The second-order valence-electron chi connectivity index (χ2n) is 4.72. The molecule has 0 aliphatic rings. The summed E-state index contributed by atoms with van der Waals surface area (Å²) in [7, 11) is 0. The third-order valence-corrected chi connectivity index (χ3v) is 4.18. The Kier molecular flexibility index (Phi) is 4.21. The van der Waals surface area contributed by atoms with Crippen LogP contribution < -0.4 is 0 Å². The number of hydrogen-bond donors (Lipinski definition) is 0. The van der Waals surface area contributed by atoms with Crippen LogP contribution in [0.1, 0.15) is 28.2 Å². The van der Waals surface area contributed by atoms with Crippen LogP contribution in [0.4, 0.5) is 0 Å². The number of rotatable bonds is 6. The molecule has 0 aliphatic carbocycles. The van der Waals surface area contributed by atoms with Gasteiger partial charge in [0.25, 0.3) is 0 Å². The van der Waals surface area contributed by atoms with Crippen molar-refractivity contribution in [2.45, 2.75) is 19.3 Å². The molecule has 2 heterocycles. The molecule has 0 unspecified atom stereocenters. The van der Waals surface area contributed by atoms with Gasteiger partial charge < -0.3 is 0 Å². The van der Waals surface area contributed by atoms with Crippen LogP contribution in [0.3, 0.4) is 0 Å². The summed E-state index contributed by atoms with van der Waals surface area (Å²) in [5, 5.41) is 9.95. The van der Waals surface area contributed by atoms with E-state index < -0.39 is 0 Å². The van der Waals surface area contributed by atoms with E-state index in [0.717, 1.165) is 18.5 Å². The summed E-state index contributed by atoms with van der Waals surface area (Å²) in [5.74, 6) is 0.0837. The molecule has 0 bridgehead atoms. The standard InChI is InChI=1S/C16H15N3OS/c20-16(10-4-8-14-9-5-11-21-14)15-12-17-18-19(15)13-6-2-1-3-7-13/h1-3,5-7,9,11-12H,4,8,10H2. The Hall–Kier alpha value is -2.27. The first kappa shape index (κ1) is 13.7. The predicted octanol–water partition coefficient (Wildman–Crippen LogP) is 3.53. The van der Waals surface area contributed by atoms with Gasteiger partial charge in [0, 0.05) is 11.3 Å². The van der Waals surface area contributed by atoms with Crippen molar-refractivity contribution >= 4 is 17.1 Å². The maximum absolute atomic E-state index is 12.3. The van der Waals surface area contributed by atoms with Gasteiger partial charge >= 0.3 is 0 Å². The Balaban J connectivity index is 1.67. The van der Waals surface area contributed by atoms with Gasteiger partial charge in [-0.2, -0.15) is 0 Å². The molecule has 0 amide bonds. The molecule has 0 N–H and O–H groups in total. The van der Waals surface area contributed by atoms with Crippen molar-refractivity contribution in [2.24, 2.45) is 0 Å². The van der Waals surface area contributed by atoms with E-state index in [1.54, 1.807) is 22.2 Å². The first-order chi connectivity index (χ1) is 10.3. The lowest BCUT2D eigenvalue weighted by Crippen LogP contribution is -2.09.